The van der Waals surface area contributed by atoms with Gasteiger partial charge in [0.15, 0.2) is 5.41 Å². The molecule has 0 fully saturated rings. The molecular formula is C14H20O6. The van der Waals surface area contributed by atoms with Crippen molar-refractivity contribution in [1.29, 1.82) is 0 Å². The van der Waals surface area contributed by atoms with Crippen LogP contribution in [0.5, 0.6) is 0 Å². The van der Waals surface area contributed by atoms with E-state index in [0.29, 0.717) is 5.57 Å². The van der Waals surface area contributed by atoms with E-state index in [4.69, 9.17) is 14.2 Å². The molecule has 1 aliphatic carbocycles. The molecule has 0 unspecified atom stereocenters. The first-order valence-electron chi connectivity index (χ1n) is 6.69. The Morgan fingerprint density at radius 3 is 1.80 bits per heavy atom. The standard InChI is InChI=1S/C14H20O6/c1-5-18-11(15)10-8-14(9(10)4,12(16)19-6-2)13(17)20-7-3/h8-9H,5-7H2,1-4H3/t9-/m1/s1. The monoisotopic (exact) mass is 284 g/mol. The molecule has 0 radical (unpaired) electrons. The number of carbonyl (C=O) groups excluding carboxylic acids is 3. The highest BCUT2D eigenvalue weighted by Crippen LogP contribution is 2.47. The fourth-order valence-corrected chi connectivity index (χ4v) is 2.15. The van der Waals surface area contributed by atoms with Gasteiger partial charge in [0.1, 0.15) is 0 Å². The fourth-order valence-electron chi connectivity index (χ4n) is 2.15. The second kappa shape index (κ2) is 6.54. The number of carbonyl (C=O) groups is 3. The molecule has 0 N–H and O–H groups in total. The quantitative estimate of drug-likeness (QED) is 0.415. The zero-order valence-corrected chi connectivity index (χ0v) is 12.2. The molecule has 112 valence electrons. The predicted molar refractivity (Wildman–Crippen MR) is 69.6 cm³/mol. The summed E-state index contributed by atoms with van der Waals surface area (Å²) < 4.78 is 14.8. The lowest BCUT2D eigenvalue weighted by Crippen LogP contribution is -2.53. The van der Waals surface area contributed by atoms with Crippen molar-refractivity contribution >= 4 is 17.9 Å². The summed E-state index contributed by atoms with van der Waals surface area (Å²) in [4.78, 5) is 35.9. The maximum absolute atomic E-state index is 12.1. The molecule has 6 heteroatoms. The van der Waals surface area contributed by atoms with E-state index in [0.717, 1.165) is 0 Å². The van der Waals surface area contributed by atoms with E-state index < -0.39 is 29.2 Å². The van der Waals surface area contributed by atoms with Gasteiger partial charge in [-0.15, -0.1) is 0 Å². The minimum absolute atomic E-state index is 0.148. The third-order valence-electron chi connectivity index (χ3n) is 3.27. The summed E-state index contributed by atoms with van der Waals surface area (Å²) in [5.74, 6) is -2.54. The molecule has 0 aromatic heterocycles. The summed E-state index contributed by atoms with van der Waals surface area (Å²) in [5.41, 5.74) is -1.23. The maximum atomic E-state index is 12.1. The highest BCUT2D eigenvalue weighted by molar-refractivity contribution is 6.09. The molecule has 0 heterocycles. The van der Waals surface area contributed by atoms with Crippen LogP contribution in [0, 0.1) is 11.3 Å². The molecule has 6 nitrogen and oxygen atoms in total. The number of esters is 3. The second-order valence-electron chi connectivity index (χ2n) is 4.35. The Balaban J connectivity index is 3.08. The Bertz CT molecular complexity index is 419. The van der Waals surface area contributed by atoms with Crippen LogP contribution in [0.3, 0.4) is 0 Å². The predicted octanol–water partition coefficient (Wildman–Crippen LogP) is 1.24. The lowest BCUT2D eigenvalue weighted by atomic mass is 9.62. The van der Waals surface area contributed by atoms with Gasteiger partial charge in [0, 0.05) is 11.5 Å². The van der Waals surface area contributed by atoms with E-state index in [1.54, 1.807) is 27.7 Å². The molecule has 0 aromatic rings. The van der Waals surface area contributed by atoms with Gasteiger partial charge in [-0.2, -0.15) is 0 Å². The van der Waals surface area contributed by atoms with Crippen LogP contribution in [0.1, 0.15) is 27.7 Å². The van der Waals surface area contributed by atoms with E-state index in [-0.39, 0.29) is 19.8 Å². The molecule has 0 bridgehead atoms. The maximum Gasteiger partial charge on any atom is 0.334 e. The lowest BCUT2D eigenvalue weighted by Gasteiger charge is -2.40. The van der Waals surface area contributed by atoms with Crippen molar-refractivity contribution < 1.29 is 28.6 Å². The van der Waals surface area contributed by atoms with Crippen LogP contribution in [0.2, 0.25) is 0 Å². The van der Waals surface area contributed by atoms with Crippen molar-refractivity contribution in [2.24, 2.45) is 11.3 Å². The van der Waals surface area contributed by atoms with Gasteiger partial charge in [0.25, 0.3) is 0 Å². The molecule has 0 aliphatic heterocycles. The average Bonchev–Trinajstić information content (AvgIpc) is 2.38. The van der Waals surface area contributed by atoms with Gasteiger partial charge in [0.2, 0.25) is 0 Å². The van der Waals surface area contributed by atoms with Crippen molar-refractivity contribution in [2.45, 2.75) is 27.7 Å². The van der Waals surface area contributed by atoms with E-state index in [2.05, 4.69) is 0 Å². The number of hydrogen-bond acceptors (Lipinski definition) is 6. The van der Waals surface area contributed by atoms with Crippen LogP contribution in [0.4, 0.5) is 0 Å². The van der Waals surface area contributed by atoms with Gasteiger partial charge in [-0.1, -0.05) is 6.92 Å². The minimum Gasteiger partial charge on any atom is -0.465 e. The SMILES string of the molecule is CCOC(=O)C1=CC(C(=O)OCC)(C(=O)OCC)[C@@H]1C. The van der Waals surface area contributed by atoms with Gasteiger partial charge in [0.05, 0.1) is 19.8 Å². The number of rotatable bonds is 6. The summed E-state index contributed by atoms with van der Waals surface area (Å²) >= 11 is 0. The molecule has 0 amide bonds. The first kappa shape index (κ1) is 16.2. The van der Waals surface area contributed by atoms with Gasteiger partial charge < -0.3 is 14.2 Å². The zero-order valence-electron chi connectivity index (χ0n) is 12.2. The molecule has 1 atom stereocenters. The first-order valence-corrected chi connectivity index (χ1v) is 6.69. The summed E-state index contributed by atoms with van der Waals surface area (Å²) in [6.45, 7) is 7.12. The molecule has 0 saturated heterocycles. The Labute approximate surface area is 118 Å². The minimum atomic E-state index is -1.53. The second-order valence-corrected chi connectivity index (χ2v) is 4.35. The normalized spacial score (nSPS) is 19.4. The van der Waals surface area contributed by atoms with Gasteiger partial charge in [-0.25, -0.2) is 4.79 Å². The molecule has 0 saturated carbocycles. The van der Waals surface area contributed by atoms with Gasteiger partial charge in [-0.05, 0) is 26.8 Å². The fraction of sp³-hybridized carbons (Fsp3) is 0.643. The Morgan fingerprint density at radius 1 is 1.00 bits per heavy atom. The highest BCUT2D eigenvalue weighted by Gasteiger charge is 2.60. The van der Waals surface area contributed by atoms with E-state index in [9.17, 15) is 14.4 Å². The van der Waals surface area contributed by atoms with Crippen LogP contribution in [-0.4, -0.2) is 37.7 Å². The van der Waals surface area contributed by atoms with Crippen LogP contribution in [-0.2, 0) is 28.6 Å². The van der Waals surface area contributed by atoms with Gasteiger partial charge >= 0.3 is 17.9 Å². The third-order valence-corrected chi connectivity index (χ3v) is 3.27. The van der Waals surface area contributed by atoms with E-state index in [1.165, 1.54) is 6.08 Å². The Hall–Kier alpha value is -1.85. The van der Waals surface area contributed by atoms with Crippen LogP contribution in [0.25, 0.3) is 0 Å². The summed E-state index contributed by atoms with van der Waals surface area (Å²) in [7, 11) is 0. The van der Waals surface area contributed by atoms with Gasteiger partial charge in [-0.3, -0.25) is 9.59 Å². The molecule has 0 aromatic carbocycles. The average molecular weight is 284 g/mol. The lowest BCUT2D eigenvalue weighted by molar-refractivity contribution is -0.173. The van der Waals surface area contributed by atoms with Crippen molar-refractivity contribution in [3.05, 3.63) is 11.6 Å². The van der Waals surface area contributed by atoms with Crippen molar-refractivity contribution in [3.63, 3.8) is 0 Å². The number of ether oxygens (including phenoxy) is 3. The third kappa shape index (κ3) is 2.55. The molecule has 20 heavy (non-hydrogen) atoms. The van der Waals surface area contributed by atoms with E-state index >= 15 is 0 Å². The molecular weight excluding hydrogens is 264 g/mol. The van der Waals surface area contributed by atoms with Crippen LogP contribution >= 0.6 is 0 Å². The largest absolute Gasteiger partial charge is 0.465 e. The zero-order chi connectivity index (χ0) is 15.3. The molecule has 1 aliphatic rings. The first-order chi connectivity index (χ1) is 9.45. The van der Waals surface area contributed by atoms with Crippen LogP contribution < -0.4 is 0 Å². The van der Waals surface area contributed by atoms with Crippen molar-refractivity contribution in [3.8, 4) is 0 Å². The Morgan fingerprint density at radius 2 is 1.45 bits per heavy atom. The molecule has 0 spiro atoms. The smallest absolute Gasteiger partial charge is 0.334 e. The van der Waals surface area contributed by atoms with Crippen molar-refractivity contribution in [1.82, 2.24) is 0 Å². The summed E-state index contributed by atoms with van der Waals surface area (Å²) in [6, 6.07) is 0. The number of hydrogen-bond donors (Lipinski definition) is 0. The highest BCUT2D eigenvalue weighted by atomic mass is 16.6. The molecule has 1 rings (SSSR count). The summed E-state index contributed by atoms with van der Waals surface area (Å²) in [5, 5.41) is 0. The topological polar surface area (TPSA) is 78.9 Å². The van der Waals surface area contributed by atoms with Crippen LogP contribution in [0.15, 0.2) is 11.6 Å². The van der Waals surface area contributed by atoms with Crippen molar-refractivity contribution in [2.75, 3.05) is 19.8 Å². The summed E-state index contributed by atoms with van der Waals surface area (Å²) in [6.07, 6.45) is 1.30. The van der Waals surface area contributed by atoms with E-state index in [1.807, 2.05) is 0 Å². The Kier molecular flexibility index (Phi) is 5.30.